The van der Waals surface area contributed by atoms with Gasteiger partial charge in [0.15, 0.2) is 11.7 Å². The number of amides is 1. The van der Waals surface area contributed by atoms with E-state index in [-0.39, 0.29) is 36.0 Å². The summed E-state index contributed by atoms with van der Waals surface area (Å²) in [6.45, 7) is 9.46. The zero-order valence-corrected chi connectivity index (χ0v) is 19.4. The quantitative estimate of drug-likeness (QED) is 0.371. The third-order valence-electron chi connectivity index (χ3n) is 5.84. The molecule has 1 aromatic rings. The van der Waals surface area contributed by atoms with Crippen LogP contribution >= 0.6 is 24.0 Å². The molecule has 162 valence electrons. The standard InChI is InChI=1S/C20H31N5O3.HI/c1-2-21-20(22-13-17-14-25-7-3-5-16(25)15-28-17)24-10-8-23(9-11-24)19(26)18-6-4-12-27-18;/h4,6,12,16-17H,2-3,5,7-11,13-15H2,1H3,(H,21,22);1H. The highest BCUT2D eigenvalue weighted by molar-refractivity contribution is 14.0. The number of halogens is 1. The fourth-order valence-corrected chi connectivity index (χ4v) is 4.29. The minimum absolute atomic E-state index is 0. The second kappa shape index (κ2) is 10.6. The number of nitrogens with zero attached hydrogens (tertiary/aromatic N) is 4. The van der Waals surface area contributed by atoms with Gasteiger partial charge in [0.2, 0.25) is 0 Å². The molecule has 0 bridgehead atoms. The summed E-state index contributed by atoms with van der Waals surface area (Å²) in [5.41, 5.74) is 0. The normalized spacial score (nSPS) is 25.5. The van der Waals surface area contributed by atoms with Gasteiger partial charge in [0.05, 0.1) is 25.5 Å². The monoisotopic (exact) mass is 517 g/mol. The maximum absolute atomic E-state index is 12.4. The molecule has 0 spiro atoms. The lowest BCUT2D eigenvalue weighted by atomic mass is 10.2. The first-order valence-electron chi connectivity index (χ1n) is 10.5. The smallest absolute Gasteiger partial charge is 0.289 e. The van der Waals surface area contributed by atoms with Gasteiger partial charge in [-0.3, -0.25) is 14.7 Å². The van der Waals surface area contributed by atoms with E-state index in [1.807, 2.05) is 4.90 Å². The summed E-state index contributed by atoms with van der Waals surface area (Å²) in [7, 11) is 0. The third kappa shape index (κ3) is 5.43. The van der Waals surface area contributed by atoms with E-state index in [1.165, 1.54) is 25.6 Å². The first kappa shape index (κ1) is 22.4. The molecule has 3 aliphatic heterocycles. The van der Waals surface area contributed by atoms with Gasteiger partial charge < -0.3 is 24.3 Å². The van der Waals surface area contributed by atoms with Crippen molar-refractivity contribution in [1.82, 2.24) is 20.0 Å². The van der Waals surface area contributed by atoms with Crippen molar-refractivity contribution in [3.05, 3.63) is 24.2 Å². The predicted molar refractivity (Wildman–Crippen MR) is 122 cm³/mol. The predicted octanol–water partition coefficient (Wildman–Crippen LogP) is 1.48. The van der Waals surface area contributed by atoms with Gasteiger partial charge in [0, 0.05) is 45.3 Å². The summed E-state index contributed by atoms with van der Waals surface area (Å²) in [5.74, 6) is 1.28. The van der Waals surface area contributed by atoms with Gasteiger partial charge in [-0.25, -0.2) is 0 Å². The van der Waals surface area contributed by atoms with Gasteiger partial charge in [-0.05, 0) is 38.4 Å². The topological polar surface area (TPSA) is 73.6 Å². The van der Waals surface area contributed by atoms with Crippen molar-refractivity contribution in [3.63, 3.8) is 0 Å². The number of rotatable bonds is 4. The number of carbonyl (C=O) groups excluding carboxylic acids is 1. The zero-order chi connectivity index (χ0) is 19.3. The number of hydrogen-bond acceptors (Lipinski definition) is 5. The van der Waals surface area contributed by atoms with E-state index in [1.54, 1.807) is 12.1 Å². The Balaban J connectivity index is 0.00000240. The number of piperazine rings is 1. The minimum Gasteiger partial charge on any atom is -0.459 e. The number of fused-ring (bicyclic) bond motifs is 1. The van der Waals surface area contributed by atoms with Crippen molar-refractivity contribution < 1.29 is 13.9 Å². The van der Waals surface area contributed by atoms with Crippen LogP contribution in [0.2, 0.25) is 0 Å². The average molecular weight is 517 g/mol. The van der Waals surface area contributed by atoms with Gasteiger partial charge in [-0.15, -0.1) is 24.0 Å². The van der Waals surface area contributed by atoms with E-state index >= 15 is 0 Å². The Kier molecular flexibility index (Phi) is 8.19. The third-order valence-corrected chi connectivity index (χ3v) is 5.84. The Hall–Kier alpha value is -1.33. The molecule has 4 rings (SSSR count). The van der Waals surface area contributed by atoms with Crippen LogP contribution in [0.3, 0.4) is 0 Å². The van der Waals surface area contributed by atoms with E-state index in [0.717, 1.165) is 38.7 Å². The van der Waals surface area contributed by atoms with E-state index < -0.39 is 0 Å². The summed E-state index contributed by atoms with van der Waals surface area (Å²) in [4.78, 5) is 23.9. The first-order valence-corrected chi connectivity index (χ1v) is 10.5. The zero-order valence-electron chi connectivity index (χ0n) is 17.1. The van der Waals surface area contributed by atoms with E-state index in [2.05, 4.69) is 22.0 Å². The van der Waals surface area contributed by atoms with Gasteiger partial charge >= 0.3 is 0 Å². The molecule has 2 unspecified atom stereocenters. The molecule has 29 heavy (non-hydrogen) atoms. The summed E-state index contributed by atoms with van der Waals surface area (Å²) < 4.78 is 11.3. The molecule has 0 radical (unpaired) electrons. The van der Waals surface area contributed by atoms with Crippen molar-refractivity contribution in [1.29, 1.82) is 0 Å². The highest BCUT2D eigenvalue weighted by atomic mass is 127. The summed E-state index contributed by atoms with van der Waals surface area (Å²) in [6.07, 6.45) is 4.26. The first-order chi connectivity index (χ1) is 13.7. The maximum Gasteiger partial charge on any atom is 0.289 e. The van der Waals surface area contributed by atoms with Crippen molar-refractivity contribution in [2.75, 3.05) is 59.0 Å². The van der Waals surface area contributed by atoms with Gasteiger partial charge in [-0.1, -0.05) is 0 Å². The molecule has 8 nitrogen and oxygen atoms in total. The van der Waals surface area contributed by atoms with Crippen LogP contribution in [0.1, 0.15) is 30.3 Å². The number of carbonyl (C=O) groups is 1. The van der Waals surface area contributed by atoms with Crippen LogP contribution in [-0.4, -0.2) is 97.7 Å². The SMILES string of the molecule is CCNC(=NCC1CN2CCCC2CO1)N1CCN(C(=O)c2ccco2)CC1.I. The molecule has 0 saturated carbocycles. The molecule has 3 saturated heterocycles. The van der Waals surface area contributed by atoms with Crippen molar-refractivity contribution >= 4 is 35.8 Å². The highest BCUT2D eigenvalue weighted by Gasteiger charge is 2.32. The fourth-order valence-electron chi connectivity index (χ4n) is 4.29. The Morgan fingerprint density at radius 1 is 1.24 bits per heavy atom. The number of guanidine groups is 1. The summed E-state index contributed by atoms with van der Waals surface area (Å²) in [5, 5.41) is 3.39. The fraction of sp³-hybridized carbons (Fsp3) is 0.700. The van der Waals surface area contributed by atoms with Gasteiger partial charge in [0.1, 0.15) is 0 Å². The summed E-state index contributed by atoms with van der Waals surface area (Å²) >= 11 is 0. The number of morpholine rings is 1. The minimum atomic E-state index is -0.0395. The van der Waals surface area contributed by atoms with Crippen LogP contribution < -0.4 is 5.32 Å². The molecule has 2 atom stereocenters. The van der Waals surface area contributed by atoms with Crippen LogP contribution in [0, 0.1) is 0 Å². The number of hydrogen-bond donors (Lipinski definition) is 1. The molecule has 0 aromatic carbocycles. The molecule has 0 aliphatic carbocycles. The van der Waals surface area contributed by atoms with Crippen molar-refractivity contribution in [2.24, 2.45) is 4.99 Å². The molecule has 9 heteroatoms. The van der Waals surface area contributed by atoms with Crippen LogP contribution in [-0.2, 0) is 4.74 Å². The molecule has 4 heterocycles. The van der Waals surface area contributed by atoms with Crippen LogP contribution in [0.15, 0.2) is 27.8 Å². The second-order valence-electron chi connectivity index (χ2n) is 7.70. The second-order valence-corrected chi connectivity index (χ2v) is 7.70. The Morgan fingerprint density at radius 3 is 2.76 bits per heavy atom. The highest BCUT2D eigenvalue weighted by Crippen LogP contribution is 2.22. The number of furan rings is 1. The van der Waals surface area contributed by atoms with Crippen molar-refractivity contribution in [2.45, 2.75) is 31.9 Å². The van der Waals surface area contributed by atoms with Gasteiger partial charge in [-0.2, -0.15) is 0 Å². The van der Waals surface area contributed by atoms with E-state index in [4.69, 9.17) is 14.1 Å². The molecular formula is C20H32IN5O3. The van der Waals surface area contributed by atoms with Crippen LogP contribution in [0.5, 0.6) is 0 Å². The average Bonchev–Trinajstić information content (AvgIpc) is 3.42. The Labute approximate surface area is 189 Å². The van der Waals surface area contributed by atoms with Crippen LogP contribution in [0.25, 0.3) is 0 Å². The number of aliphatic imine (C=N–C) groups is 1. The lowest BCUT2D eigenvalue weighted by molar-refractivity contribution is -0.0433. The van der Waals surface area contributed by atoms with E-state index in [0.29, 0.717) is 31.4 Å². The summed E-state index contributed by atoms with van der Waals surface area (Å²) in [6, 6.07) is 4.08. The molecule has 3 aliphatic rings. The number of ether oxygens (including phenoxy) is 1. The Morgan fingerprint density at radius 2 is 2.03 bits per heavy atom. The van der Waals surface area contributed by atoms with Crippen molar-refractivity contribution in [3.8, 4) is 0 Å². The maximum atomic E-state index is 12.4. The molecule has 3 fully saturated rings. The molecular weight excluding hydrogens is 485 g/mol. The Bertz CT molecular complexity index is 676. The molecule has 1 amide bonds. The van der Waals surface area contributed by atoms with Gasteiger partial charge in [0.25, 0.3) is 5.91 Å². The molecule has 1 aromatic heterocycles. The van der Waals surface area contributed by atoms with E-state index in [9.17, 15) is 4.79 Å². The number of nitrogens with one attached hydrogen (secondary N) is 1. The lowest BCUT2D eigenvalue weighted by Crippen LogP contribution is -2.54. The van der Waals surface area contributed by atoms with Crippen LogP contribution in [0.4, 0.5) is 0 Å². The molecule has 1 N–H and O–H groups in total. The lowest BCUT2D eigenvalue weighted by Gasteiger charge is -2.37. The largest absolute Gasteiger partial charge is 0.459 e.